The van der Waals surface area contributed by atoms with Crippen LogP contribution in [0.15, 0.2) is 40.7 Å². The molecule has 0 aliphatic carbocycles. The van der Waals surface area contributed by atoms with Crippen LogP contribution in [0, 0.1) is 0 Å². The van der Waals surface area contributed by atoms with Gasteiger partial charge in [-0.15, -0.1) is 35.3 Å². The molecule has 5 nitrogen and oxygen atoms in total. The van der Waals surface area contributed by atoms with Gasteiger partial charge in [0.2, 0.25) is 0 Å². The van der Waals surface area contributed by atoms with Crippen LogP contribution in [-0.4, -0.2) is 26.2 Å². The second-order valence-electron chi connectivity index (χ2n) is 5.46. The molecule has 0 saturated carbocycles. The predicted molar refractivity (Wildman–Crippen MR) is 120 cm³/mol. The first kappa shape index (κ1) is 22.6. The molecule has 0 radical (unpaired) electrons. The standard InChI is InChI=1S/C19H27N3O2S.HI/c1-4-10-24-17-9-8-15(12-18(17)23-3)13-21-19(20-5-2)22-14-16-7-6-11-25-16;/h6-9,11-12H,4-5,10,13-14H2,1-3H3,(H2,20,21,22);1H. The quantitative estimate of drug-likeness (QED) is 0.311. The first-order valence-corrected chi connectivity index (χ1v) is 9.49. The number of nitrogens with zero attached hydrogens (tertiary/aromatic N) is 1. The summed E-state index contributed by atoms with van der Waals surface area (Å²) in [6.45, 7) is 7.00. The molecule has 144 valence electrons. The highest BCUT2D eigenvalue weighted by Gasteiger charge is 2.06. The third-order valence-electron chi connectivity index (χ3n) is 3.46. The average Bonchev–Trinajstić information content (AvgIpc) is 3.16. The van der Waals surface area contributed by atoms with Gasteiger partial charge in [0, 0.05) is 11.4 Å². The first-order valence-electron chi connectivity index (χ1n) is 8.61. The molecule has 0 aliphatic rings. The zero-order chi connectivity index (χ0) is 17.9. The smallest absolute Gasteiger partial charge is 0.191 e. The summed E-state index contributed by atoms with van der Waals surface area (Å²) >= 11 is 1.73. The lowest BCUT2D eigenvalue weighted by atomic mass is 10.2. The van der Waals surface area contributed by atoms with Gasteiger partial charge in [-0.25, -0.2) is 4.99 Å². The molecule has 0 fully saturated rings. The summed E-state index contributed by atoms with van der Waals surface area (Å²) in [6.07, 6.45) is 0.969. The summed E-state index contributed by atoms with van der Waals surface area (Å²) in [7, 11) is 1.66. The molecule has 0 unspecified atom stereocenters. The second-order valence-corrected chi connectivity index (χ2v) is 6.49. The number of ether oxygens (including phenoxy) is 2. The van der Waals surface area contributed by atoms with Gasteiger partial charge < -0.3 is 20.1 Å². The number of halogens is 1. The molecular weight excluding hydrogens is 461 g/mol. The van der Waals surface area contributed by atoms with E-state index in [0.717, 1.165) is 42.5 Å². The van der Waals surface area contributed by atoms with Crippen molar-refractivity contribution >= 4 is 41.3 Å². The maximum atomic E-state index is 5.69. The number of aliphatic imine (C=N–C) groups is 1. The Labute approximate surface area is 177 Å². The van der Waals surface area contributed by atoms with Crippen LogP contribution in [0.25, 0.3) is 0 Å². The van der Waals surface area contributed by atoms with Crippen LogP contribution in [0.2, 0.25) is 0 Å². The van der Waals surface area contributed by atoms with Crippen LogP contribution in [0.4, 0.5) is 0 Å². The van der Waals surface area contributed by atoms with Crippen LogP contribution in [0.1, 0.15) is 30.7 Å². The zero-order valence-electron chi connectivity index (χ0n) is 15.6. The minimum atomic E-state index is 0. The number of guanidine groups is 1. The first-order chi connectivity index (χ1) is 12.3. The van der Waals surface area contributed by atoms with Crippen molar-refractivity contribution in [2.24, 2.45) is 4.99 Å². The Morgan fingerprint density at radius 1 is 1.15 bits per heavy atom. The lowest BCUT2D eigenvalue weighted by Crippen LogP contribution is -2.36. The van der Waals surface area contributed by atoms with Crippen LogP contribution in [0.3, 0.4) is 0 Å². The number of benzene rings is 1. The van der Waals surface area contributed by atoms with E-state index in [4.69, 9.17) is 9.47 Å². The van der Waals surface area contributed by atoms with Crippen molar-refractivity contribution in [3.63, 3.8) is 0 Å². The summed E-state index contributed by atoms with van der Waals surface area (Å²) < 4.78 is 11.1. The summed E-state index contributed by atoms with van der Waals surface area (Å²) in [4.78, 5) is 5.94. The Bertz CT molecular complexity index is 663. The van der Waals surface area contributed by atoms with Crippen molar-refractivity contribution in [3.05, 3.63) is 46.2 Å². The zero-order valence-corrected chi connectivity index (χ0v) is 18.7. The van der Waals surface area contributed by atoms with Gasteiger partial charge in [0.1, 0.15) is 0 Å². The van der Waals surface area contributed by atoms with Gasteiger partial charge in [-0.2, -0.15) is 0 Å². The van der Waals surface area contributed by atoms with E-state index in [1.807, 2.05) is 18.2 Å². The van der Waals surface area contributed by atoms with Gasteiger partial charge in [-0.05, 0) is 42.5 Å². The van der Waals surface area contributed by atoms with Crippen LogP contribution in [-0.2, 0) is 13.1 Å². The Morgan fingerprint density at radius 2 is 2.00 bits per heavy atom. The van der Waals surface area contributed by atoms with Crippen molar-refractivity contribution in [3.8, 4) is 11.5 Å². The number of rotatable bonds is 9. The fourth-order valence-electron chi connectivity index (χ4n) is 2.24. The molecule has 0 amide bonds. The SMILES string of the molecule is CCCOc1ccc(CN=C(NCC)NCc2cccs2)cc1OC.I. The fraction of sp³-hybridized carbons (Fsp3) is 0.421. The van der Waals surface area contributed by atoms with Crippen molar-refractivity contribution in [2.45, 2.75) is 33.4 Å². The van der Waals surface area contributed by atoms with E-state index < -0.39 is 0 Å². The number of methoxy groups -OCH3 is 1. The predicted octanol–water partition coefficient (Wildman–Crippen LogP) is 4.42. The van der Waals surface area contributed by atoms with Gasteiger partial charge in [-0.3, -0.25) is 0 Å². The van der Waals surface area contributed by atoms with Crippen molar-refractivity contribution in [1.29, 1.82) is 0 Å². The minimum absolute atomic E-state index is 0. The van der Waals surface area contributed by atoms with Crippen LogP contribution in [0.5, 0.6) is 11.5 Å². The summed E-state index contributed by atoms with van der Waals surface area (Å²) in [5, 5.41) is 8.70. The van der Waals surface area contributed by atoms with Gasteiger partial charge in [0.15, 0.2) is 17.5 Å². The second kappa shape index (κ2) is 12.8. The average molecular weight is 489 g/mol. The van der Waals surface area contributed by atoms with E-state index >= 15 is 0 Å². The molecule has 0 aliphatic heterocycles. The Balaban J connectivity index is 0.00000338. The highest BCUT2D eigenvalue weighted by atomic mass is 127. The molecule has 1 aromatic carbocycles. The van der Waals surface area contributed by atoms with Gasteiger partial charge in [0.25, 0.3) is 0 Å². The molecule has 2 aromatic rings. The number of hydrogen-bond donors (Lipinski definition) is 2. The normalized spacial score (nSPS) is 10.8. The van der Waals surface area contributed by atoms with E-state index in [9.17, 15) is 0 Å². The van der Waals surface area contributed by atoms with Crippen LogP contribution < -0.4 is 20.1 Å². The fourth-order valence-corrected chi connectivity index (χ4v) is 2.88. The third kappa shape index (κ3) is 7.41. The minimum Gasteiger partial charge on any atom is -0.493 e. The lowest BCUT2D eigenvalue weighted by Gasteiger charge is -2.12. The van der Waals surface area contributed by atoms with Crippen molar-refractivity contribution in [1.82, 2.24) is 10.6 Å². The number of nitrogens with one attached hydrogen (secondary N) is 2. The molecule has 0 bridgehead atoms. The largest absolute Gasteiger partial charge is 0.493 e. The maximum absolute atomic E-state index is 5.69. The molecule has 2 N–H and O–H groups in total. The van der Waals surface area contributed by atoms with Gasteiger partial charge >= 0.3 is 0 Å². The topological polar surface area (TPSA) is 54.9 Å². The van der Waals surface area contributed by atoms with Crippen molar-refractivity contribution < 1.29 is 9.47 Å². The van der Waals surface area contributed by atoms with E-state index in [-0.39, 0.29) is 24.0 Å². The summed E-state index contributed by atoms with van der Waals surface area (Å²) in [5.41, 5.74) is 1.08. The van der Waals surface area contributed by atoms with Gasteiger partial charge in [0.05, 0.1) is 26.8 Å². The Kier molecular flexibility index (Phi) is 11.1. The number of thiophene rings is 1. The van der Waals surface area contributed by atoms with E-state index in [0.29, 0.717) is 13.2 Å². The van der Waals surface area contributed by atoms with Crippen LogP contribution >= 0.6 is 35.3 Å². The van der Waals surface area contributed by atoms with Crippen molar-refractivity contribution in [2.75, 3.05) is 20.3 Å². The molecule has 7 heteroatoms. The van der Waals surface area contributed by atoms with Gasteiger partial charge in [-0.1, -0.05) is 19.1 Å². The molecule has 1 heterocycles. The van der Waals surface area contributed by atoms with E-state index in [1.165, 1.54) is 4.88 Å². The van der Waals surface area contributed by atoms with E-state index in [1.54, 1.807) is 18.4 Å². The maximum Gasteiger partial charge on any atom is 0.191 e. The lowest BCUT2D eigenvalue weighted by molar-refractivity contribution is 0.294. The molecule has 0 atom stereocenters. The Hall–Kier alpha value is -1.48. The third-order valence-corrected chi connectivity index (χ3v) is 4.34. The van der Waals surface area contributed by atoms with E-state index in [2.05, 4.69) is 47.0 Å². The Morgan fingerprint density at radius 3 is 2.65 bits per heavy atom. The summed E-state index contributed by atoms with van der Waals surface area (Å²) in [5.74, 6) is 2.33. The highest BCUT2D eigenvalue weighted by molar-refractivity contribution is 14.0. The molecule has 1 aromatic heterocycles. The molecule has 0 spiro atoms. The molecule has 26 heavy (non-hydrogen) atoms. The molecule has 2 rings (SSSR count). The molecular formula is C19H28IN3O2S. The summed E-state index contributed by atoms with van der Waals surface area (Å²) in [6, 6.07) is 10.1. The monoisotopic (exact) mass is 489 g/mol. The number of hydrogen-bond acceptors (Lipinski definition) is 4. The highest BCUT2D eigenvalue weighted by Crippen LogP contribution is 2.28. The molecule has 0 saturated heterocycles.